The van der Waals surface area contributed by atoms with E-state index in [9.17, 15) is 14.4 Å². The number of nitrogens with zero attached hydrogens (tertiary/aromatic N) is 1. The first kappa shape index (κ1) is 18.7. The molecule has 1 aliphatic rings. The summed E-state index contributed by atoms with van der Waals surface area (Å²) in [6.45, 7) is 0.353. The summed E-state index contributed by atoms with van der Waals surface area (Å²) in [5.41, 5.74) is 1.63. The number of hydrogen-bond acceptors (Lipinski definition) is 4. The molecule has 0 radical (unpaired) electrons. The Morgan fingerprint density at radius 1 is 1.26 bits per heavy atom. The molecule has 0 bridgehead atoms. The van der Waals surface area contributed by atoms with Gasteiger partial charge in [0.1, 0.15) is 5.56 Å². The molecule has 27 heavy (non-hydrogen) atoms. The summed E-state index contributed by atoms with van der Waals surface area (Å²) >= 11 is 0. The Bertz CT molecular complexity index is 902. The molecule has 142 valence electrons. The summed E-state index contributed by atoms with van der Waals surface area (Å²) in [5, 5.41) is 5.96. The number of rotatable bonds is 6. The van der Waals surface area contributed by atoms with E-state index in [0.717, 1.165) is 30.5 Å². The normalized spacial score (nSPS) is 13.6. The highest BCUT2D eigenvalue weighted by Crippen LogP contribution is 2.18. The minimum Gasteiger partial charge on any atom is -0.388 e. The molecule has 0 atom stereocenters. The maximum atomic E-state index is 12.7. The van der Waals surface area contributed by atoms with Crippen molar-refractivity contribution in [3.63, 3.8) is 0 Å². The standard InChI is InChI=1S/C20H24N4O3/c1-21-16-8-3-5-13(9-16)12-24(2)20(27)17-10-14(11-22-19(17)26)18(25)23-15-6-4-7-15/h3,5,8-11,15,21H,4,6-7,12H2,1-2H3,(H,22,26)(H,23,25). The van der Waals surface area contributed by atoms with Crippen LogP contribution in [0.1, 0.15) is 45.5 Å². The quantitative estimate of drug-likeness (QED) is 0.727. The van der Waals surface area contributed by atoms with Crippen LogP contribution in [0.15, 0.2) is 41.3 Å². The number of anilines is 1. The van der Waals surface area contributed by atoms with Gasteiger partial charge in [0.15, 0.2) is 0 Å². The Labute approximate surface area is 157 Å². The van der Waals surface area contributed by atoms with Crippen LogP contribution in [0, 0.1) is 0 Å². The molecule has 3 rings (SSSR count). The lowest BCUT2D eigenvalue weighted by Gasteiger charge is -2.26. The molecule has 2 amide bonds. The van der Waals surface area contributed by atoms with Gasteiger partial charge in [-0.15, -0.1) is 0 Å². The zero-order chi connectivity index (χ0) is 19.4. The molecule has 0 spiro atoms. The van der Waals surface area contributed by atoms with Gasteiger partial charge in [-0.2, -0.15) is 0 Å². The molecule has 1 aliphatic carbocycles. The minimum absolute atomic E-state index is 0.0384. The predicted octanol–water partition coefficient (Wildman–Crippen LogP) is 1.97. The molecule has 1 aromatic heterocycles. The fourth-order valence-electron chi connectivity index (χ4n) is 2.97. The molecule has 0 unspecified atom stereocenters. The van der Waals surface area contributed by atoms with E-state index in [1.807, 2.05) is 31.3 Å². The molecule has 7 nitrogen and oxygen atoms in total. The van der Waals surface area contributed by atoms with Gasteiger partial charge >= 0.3 is 0 Å². The molecule has 0 aliphatic heterocycles. The van der Waals surface area contributed by atoms with Gasteiger partial charge in [-0.05, 0) is 43.0 Å². The molecule has 1 saturated carbocycles. The highest BCUT2D eigenvalue weighted by Gasteiger charge is 2.22. The Hall–Kier alpha value is -3.09. The maximum Gasteiger partial charge on any atom is 0.260 e. The monoisotopic (exact) mass is 368 g/mol. The van der Waals surface area contributed by atoms with Crippen LogP contribution in [-0.2, 0) is 6.54 Å². The van der Waals surface area contributed by atoms with E-state index < -0.39 is 11.5 Å². The fraction of sp³-hybridized carbons (Fsp3) is 0.350. The Balaban J connectivity index is 1.75. The summed E-state index contributed by atoms with van der Waals surface area (Å²) < 4.78 is 0. The lowest BCUT2D eigenvalue weighted by atomic mass is 9.93. The average molecular weight is 368 g/mol. The number of hydrogen-bond donors (Lipinski definition) is 3. The number of amides is 2. The van der Waals surface area contributed by atoms with Gasteiger partial charge in [-0.1, -0.05) is 12.1 Å². The van der Waals surface area contributed by atoms with Crippen LogP contribution in [0.4, 0.5) is 5.69 Å². The number of nitrogens with one attached hydrogen (secondary N) is 3. The predicted molar refractivity (Wildman–Crippen MR) is 104 cm³/mol. The largest absolute Gasteiger partial charge is 0.388 e. The van der Waals surface area contributed by atoms with Gasteiger partial charge in [-0.3, -0.25) is 14.4 Å². The minimum atomic E-state index is -0.504. The van der Waals surface area contributed by atoms with Crippen LogP contribution >= 0.6 is 0 Å². The van der Waals surface area contributed by atoms with Crippen molar-refractivity contribution in [2.75, 3.05) is 19.4 Å². The molecular weight excluding hydrogens is 344 g/mol. The number of carbonyl (C=O) groups excluding carboxylic acids is 2. The van der Waals surface area contributed by atoms with Crippen LogP contribution in [0.3, 0.4) is 0 Å². The number of aromatic nitrogens is 1. The maximum absolute atomic E-state index is 12.7. The third-order valence-corrected chi connectivity index (χ3v) is 4.82. The van der Waals surface area contributed by atoms with Crippen molar-refractivity contribution in [1.82, 2.24) is 15.2 Å². The Morgan fingerprint density at radius 3 is 2.70 bits per heavy atom. The van der Waals surface area contributed by atoms with E-state index >= 15 is 0 Å². The Morgan fingerprint density at radius 2 is 2.04 bits per heavy atom. The molecule has 0 saturated heterocycles. The van der Waals surface area contributed by atoms with Crippen LogP contribution in [0.25, 0.3) is 0 Å². The number of pyridine rings is 1. The van der Waals surface area contributed by atoms with Crippen LogP contribution in [0.2, 0.25) is 0 Å². The third kappa shape index (κ3) is 4.36. The topological polar surface area (TPSA) is 94.3 Å². The first-order valence-corrected chi connectivity index (χ1v) is 9.03. The molecule has 3 N–H and O–H groups in total. The lowest BCUT2D eigenvalue weighted by molar-refractivity contribution is 0.0783. The van der Waals surface area contributed by atoms with E-state index in [-0.39, 0.29) is 23.1 Å². The fourth-order valence-corrected chi connectivity index (χ4v) is 2.97. The van der Waals surface area contributed by atoms with E-state index in [2.05, 4.69) is 15.6 Å². The van der Waals surface area contributed by atoms with Gasteiger partial charge in [0.25, 0.3) is 17.4 Å². The molecule has 2 aromatic rings. The van der Waals surface area contributed by atoms with Crippen molar-refractivity contribution in [3.8, 4) is 0 Å². The van der Waals surface area contributed by atoms with Crippen molar-refractivity contribution in [2.24, 2.45) is 0 Å². The first-order chi connectivity index (χ1) is 13.0. The highest BCUT2D eigenvalue weighted by atomic mass is 16.2. The summed E-state index contributed by atoms with van der Waals surface area (Å²) in [6, 6.07) is 9.24. The van der Waals surface area contributed by atoms with Crippen LogP contribution in [0.5, 0.6) is 0 Å². The molecule has 1 aromatic carbocycles. The van der Waals surface area contributed by atoms with Crippen molar-refractivity contribution < 1.29 is 9.59 Å². The van der Waals surface area contributed by atoms with E-state index in [1.54, 1.807) is 7.05 Å². The second-order valence-corrected chi connectivity index (χ2v) is 6.84. The van der Waals surface area contributed by atoms with Crippen molar-refractivity contribution >= 4 is 17.5 Å². The molecule has 1 heterocycles. The van der Waals surface area contributed by atoms with Gasteiger partial charge in [-0.25, -0.2) is 0 Å². The van der Waals surface area contributed by atoms with Gasteiger partial charge in [0, 0.05) is 38.6 Å². The SMILES string of the molecule is CNc1cccc(CN(C)C(=O)c2cc(C(=O)NC3CCC3)c[nH]c2=O)c1. The number of carbonyl (C=O) groups is 2. The third-order valence-electron chi connectivity index (χ3n) is 4.82. The zero-order valence-electron chi connectivity index (χ0n) is 15.5. The average Bonchev–Trinajstić information content (AvgIpc) is 2.64. The zero-order valence-corrected chi connectivity index (χ0v) is 15.5. The summed E-state index contributed by atoms with van der Waals surface area (Å²) in [4.78, 5) is 41.2. The number of aromatic amines is 1. The molecule has 7 heteroatoms. The van der Waals surface area contributed by atoms with Gasteiger partial charge in [0.05, 0.1) is 5.56 Å². The van der Waals surface area contributed by atoms with Gasteiger partial charge in [0.2, 0.25) is 0 Å². The van der Waals surface area contributed by atoms with Gasteiger partial charge < -0.3 is 20.5 Å². The van der Waals surface area contributed by atoms with E-state index in [0.29, 0.717) is 6.54 Å². The van der Waals surface area contributed by atoms with Crippen molar-refractivity contribution in [3.05, 3.63) is 63.6 Å². The summed E-state index contributed by atoms with van der Waals surface area (Å²) in [6.07, 6.45) is 4.40. The highest BCUT2D eigenvalue weighted by molar-refractivity contribution is 5.99. The van der Waals surface area contributed by atoms with E-state index in [1.165, 1.54) is 17.2 Å². The number of benzene rings is 1. The lowest BCUT2D eigenvalue weighted by Crippen LogP contribution is -2.40. The smallest absolute Gasteiger partial charge is 0.260 e. The van der Waals surface area contributed by atoms with Crippen molar-refractivity contribution in [1.29, 1.82) is 0 Å². The molecule has 1 fully saturated rings. The second kappa shape index (κ2) is 8.07. The number of H-pyrrole nitrogens is 1. The van der Waals surface area contributed by atoms with Crippen LogP contribution < -0.4 is 16.2 Å². The molecular formula is C20H24N4O3. The first-order valence-electron chi connectivity index (χ1n) is 9.03. The Kier molecular flexibility index (Phi) is 5.59. The second-order valence-electron chi connectivity index (χ2n) is 6.84. The van der Waals surface area contributed by atoms with E-state index in [4.69, 9.17) is 0 Å². The summed E-state index contributed by atoms with van der Waals surface area (Å²) in [5.74, 6) is -0.696. The summed E-state index contributed by atoms with van der Waals surface area (Å²) in [7, 11) is 3.46. The van der Waals surface area contributed by atoms with Crippen molar-refractivity contribution in [2.45, 2.75) is 31.8 Å². The van der Waals surface area contributed by atoms with Crippen LogP contribution in [-0.4, -0.2) is 41.8 Å².